The number of hydrogen-bond donors (Lipinski definition) is 1. The van der Waals surface area contributed by atoms with E-state index < -0.39 is 0 Å². The van der Waals surface area contributed by atoms with Crippen molar-refractivity contribution < 1.29 is 0 Å². The van der Waals surface area contributed by atoms with Crippen molar-refractivity contribution in [1.29, 1.82) is 0 Å². The summed E-state index contributed by atoms with van der Waals surface area (Å²) in [7, 11) is 0. The fraction of sp³-hybridized carbons (Fsp3) is 0.300. The molecule has 0 radical (unpaired) electrons. The van der Waals surface area contributed by atoms with E-state index >= 15 is 0 Å². The van der Waals surface area contributed by atoms with Crippen molar-refractivity contribution in [1.82, 2.24) is 5.32 Å². The van der Waals surface area contributed by atoms with E-state index in [1.54, 1.807) is 0 Å². The number of nitrogens with zero attached hydrogens (tertiary/aromatic N) is 1. The van der Waals surface area contributed by atoms with Gasteiger partial charge in [-0.2, -0.15) is 0 Å². The van der Waals surface area contributed by atoms with Crippen LogP contribution in [0.1, 0.15) is 77.6 Å². The molecule has 1 N–H and O–H groups in total. The van der Waals surface area contributed by atoms with Gasteiger partial charge in [-0.3, -0.25) is 0 Å². The zero-order chi connectivity index (χ0) is 30.3. The molecule has 0 unspecified atom stereocenters. The molecule has 0 atom stereocenters. The van der Waals surface area contributed by atoms with Gasteiger partial charge in [0.1, 0.15) is 0 Å². The van der Waals surface area contributed by atoms with E-state index in [1.165, 1.54) is 33.4 Å². The maximum Gasteiger partial charge on any atom is 0.0566 e. The largest absolute Gasteiger partial charge is 0.382 e. The highest BCUT2D eigenvalue weighted by atomic mass is 15.1. The molecule has 0 amide bonds. The molecule has 3 aromatic rings. The van der Waals surface area contributed by atoms with E-state index in [9.17, 15) is 0 Å². The molecule has 0 aliphatic carbocycles. The van der Waals surface area contributed by atoms with Gasteiger partial charge < -0.3 is 10.2 Å². The molecule has 2 aliphatic heterocycles. The maximum absolute atomic E-state index is 4.57. The van der Waals surface area contributed by atoms with Crippen molar-refractivity contribution in [3.63, 3.8) is 0 Å². The fourth-order valence-corrected chi connectivity index (χ4v) is 5.73. The molecule has 0 aromatic heterocycles. The van der Waals surface area contributed by atoms with Crippen LogP contribution in [0.4, 0.5) is 5.69 Å². The summed E-state index contributed by atoms with van der Waals surface area (Å²) in [6.45, 7) is 22.8. The molecule has 2 heterocycles. The summed E-state index contributed by atoms with van der Waals surface area (Å²) < 4.78 is 0. The van der Waals surface area contributed by atoms with Crippen molar-refractivity contribution in [3.8, 4) is 11.1 Å². The van der Waals surface area contributed by atoms with E-state index in [4.69, 9.17) is 0 Å². The highest BCUT2D eigenvalue weighted by Crippen LogP contribution is 2.39. The Hall–Kier alpha value is -4.04. The molecule has 2 nitrogen and oxygen atoms in total. The molecule has 2 aliphatic rings. The van der Waals surface area contributed by atoms with Crippen LogP contribution < -0.4 is 10.2 Å². The number of nitrogens with one attached hydrogen (secondary N) is 1. The van der Waals surface area contributed by atoms with E-state index in [-0.39, 0.29) is 16.4 Å². The highest BCUT2D eigenvalue weighted by Gasteiger charge is 2.26. The molecule has 5 rings (SSSR count). The smallest absolute Gasteiger partial charge is 0.0566 e. The second kappa shape index (κ2) is 11.0. The van der Waals surface area contributed by atoms with Crippen LogP contribution in [0.15, 0.2) is 121 Å². The van der Waals surface area contributed by atoms with E-state index in [0.29, 0.717) is 0 Å². The fourth-order valence-electron chi connectivity index (χ4n) is 5.73. The molecule has 0 saturated heterocycles. The monoisotopic (exact) mass is 554 g/mol. The lowest BCUT2D eigenvalue weighted by molar-refractivity contribution is 0.460. The van der Waals surface area contributed by atoms with E-state index in [0.717, 1.165) is 28.9 Å². The quantitative estimate of drug-likeness (QED) is 0.339. The van der Waals surface area contributed by atoms with Gasteiger partial charge in [0, 0.05) is 17.5 Å². The Labute approximate surface area is 253 Å². The zero-order valence-electron chi connectivity index (χ0n) is 26.7. The Morgan fingerprint density at radius 2 is 1.55 bits per heavy atom. The van der Waals surface area contributed by atoms with Gasteiger partial charge in [-0.15, -0.1) is 0 Å². The van der Waals surface area contributed by atoms with Crippen molar-refractivity contribution in [3.05, 3.63) is 144 Å². The average Bonchev–Trinajstić information content (AvgIpc) is 2.98. The molecular formula is C40H46N2. The first-order valence-corrected chi connectivity index (χ1v) is 15.1. The normalized spacial score (nSPS) is 21.0. The maximum atomic E-state index is 4.57. The Morgan fingerprint density at radius 3 is 2.24 bits per heavy atom. The number of rotatable bonds is 2. The van der Waals surface area contributed by atoms with Gasteiger partial charge >= 0.3 is 0 Å². The lowest BCUT2D eigenvalue weighted by Gasteiger charge is -2.30. The molecule has 0 fully saturated rings. The van der Waals surface area contributed by atoms with Crippen LogP contribution in [0.25, 0.3) is 16.7 Å². The van der Waals surface area contributed by atoms with Crippen molar-refractivity contribution in [2.45, 2.75) is 72.8 Å². The Bertz CT molecular complexity index is 1610. The number of allylic oxidation sites excluding steroid dienone is 6. The summed E-state index contributed by atoms with van der Waals surface area (Å²) >= 11 is 0. The van der Waals surface area contributed by atoms with Crippen LogP contribution in [-0.4, -0.2) is 0 Å². The van der Waals surface area contributed by atoms with Gasteiger partial charge in [-0.05, 0) is 101 Å². The number of fused-ring (bicyclic) bond motifs is 2. The predicted octanol–water partition coefficient (Wildman–Crippen LogP) is 10.4. The molecule has 3 aromatic carbocycles. The Balaban J connectivity index is 1.65. The third-order valence-electron chi connectivity index (χ3n) is 8.46. The van der Waals surface area contributed by atoms with Crippen LogP contribution in [0, 0.1) is 5.41 Å². The lowest BCUT2D eigenvalue weighted by Crippen LogP contribution is -2.34. The first-order valence-electron chi connectivity index (χ1n) is 15.1. The SMILES string of the molecule is C=C1/C=C(C(C)(C)C)\C=C/N(C2=C/Cc3ccc(C(C)(C)C)cc3C(C)(C)N/C=C\2)c2ccc(-c3ccccc3)cc21. The first-order chi connectivity index (χ1) is 19.7. The topological polar surface area (TPSA) is 15.3 Å². The van der Waals surface area contributed by atoms with Gasteiger partial charge in [-0.1, -0.05) is 115 Å². The van der Waals surface area contributed by atoms with Crippen LogP contribution in [0.5, 0.6) is 0 Å². The standard InChI is InChI=1S/C40H46N2/c1-28-25-33(39(5,6)7)22-24-42(37-20-17-31(26-35(28)37)29-13-11-10-12-14-29)34-19-16-30-15-18-32(38(2,3)4)27-36(30)40(8,9)41-23-21-34/h10-15,17-27,41H,1,16H2,2-9H3/b23-21-,24-22-,33-25+,34-19+. The van der Waals surface area contributed by atoms with E-state index in [2.05, 4.69) is 176 Å². The van der Waals surface area contributed by atoms with Gasteiger partial charge in [0.05, 0.1) is 11.2 Å². The highest BCUT2D eigenvalue weighted by molar-refractivity contribution is 5.87. The molecule has 42 heavy (non-hydrogen) atoms. The molecule has 0 spiro atoms. The summed E-state index contributed by atoms with van der Waals surface area (Å²) in [6.07, 6.45) is 14.3. The predicted molar refractivity (Wildman–Crippen MR) is 182 cm³/mol. The summed E-state index contributed by atoms with van der Waals surface area (Å²) in [5.74, 6) is 0. The third-order valence-corrected chi connectivity index (χ3v) is 8.46. The van der Waals surface area contributed by atoms with Crippen LogP contribution in [0.3, 0.4) is 0 Å². The van der Waals surface area contributed by atoms with Gasteiger partial charge in [0.25, 0.3) is 0 Å². The molecule has 2 heteroatoms. The van der Waals surface area contributed by atoms with Gasteiger partial charge in [-0.25, -0.2) is 0 Å². The Kier molecular flexibility index (Phi) is 7.70. The summed E-state index contributed by atoms with van der Waals surface area (Å²) in [4.78, 5) is 2.33. The summed E-state index contributed by atoms with van der Waals surface area (Å²) in [5, 5.41) is 3.73. The van der Waals surface area contributed by atoms with E-state index in [1.807, 2.05) is 0 Å². The summed E-state index contributed by atoms with van der Waals surface area (Å²) in [5.41, 5.74) is 12.0. The average molecular weight is 555 g/mol. The minimum absolute atomic E-state index is 0.0163. The molecular weight excluding hydrogens is 508 g/mol. The lowest BCUT2D eigenvalue weighted by atomic mass is 9.81. The number of benzene rings is 3. The molecule has 0 bridgehead atoms. The molecule has 216 valence electrons. The Morgan fingerprint density at radius 1 is 0.810 bits per heavy atom. The second-order valence-electron chi connectivity index (χ2n) is 14.2. The molecule has 0 saturated carbocycles. The number of hydrogen-bond acceptors (Lipinski definition) is 2. The van der Waals surface area contributed by atoms with Gasteiger partial charge in [0.2, 0.25) is 0 Å². The minimum atomic E-state index is -0.207. The van der Waals surface area contributed by atoms with Crippen molar-refractivity contribution >= 4 is 11.3 Å². The first kappa shape index (κ1) is 29.5. The van der Waals surface area contributed by atoms with Gasteiger partial charge in [0.15, 0.2) is 0 Å². The minimum Gasteiger partial charge on any atom is -0.382 e. The van der Waals surface area contributed by atoms with Crippen LogP contribution in [0.2, 0.25) is 0 Å². The van der Waals surface area contributed by atoms with Crippen molar-refractivity contribution in [2.75, 3.05) is 4.90 Å². The third kappa shape index (κ3) is 6.09. The second-order valence-corrected chi connectivity index (χ2v) is 14.2. The summed E-state index contributed by atoms with van der Waals surface area (Å²) in [6, 6.07) is 24.4. The van der Waals surface area contributed by atoms with Crippen molar-refractivity contribution in [2.24, 2.45) is 5.41 Å². The van der Waals surface area contributed by atoms with Crippen LogP contribution >= 0.6 is 0 Å². The van der Waals surface area contributed by atoms with Crippen LogP contribution in [-0.2, 0) is 17.4 Å². The number of anilines is 1. The zero-order valence-corrected chi connectivity index (χ0v) is 26.7.